The van der Waals surface area contributed by atoms with Crippen LogP contribution in [-0.2, 0) is 6.54 Å². The molecule has 0 spiro atoms. The lowest BCUT2D eigenvalue weighted by Gasteiger charge is -2.26. The summed E-state index contributed by atoms with van der Waals surface area (Å²) in [6.07, 6.45) is 5.28. The summed E-state index contributed by atoms with van der Waals surface area (Å²) in [6.45, 7) is 4.15. The quantitative estimate of drug-likeness (QED) is 0.788. The van der Waals surface area contributed by atoms with Crippen LogP contribution >= 0.6 is 11.8 Å². The van der Waals surface area contributed by atoms with E-state index in [1.165, 1.54) is 12.2 Å². The van der Waals surface area contributed by atoms with Crippen molar-refractivity contribution >= 4 is 17.6 Å². The lowest BCUT2D eigenvalue weighted by molar-refractivity contribution is 0.243. The molecule has 1 unspecified atom stereocenters. The predicted octanol–water partition coefficient (Wildman–Crippen LogP) is 1.54. The number of nitrogen functional groups attached to an aromatic ring is 1. The van der Waals surface area contributed by atoms with Crippen LogP contribution in [0.25, 0.3) is 0 Å². The van der Waals surface area contributed by atoms with Gasteiger partial charge in [-0.25, -0.2) is 0 Å². The standard InChI is InChI=1S/C11H22N4S/c1-4-10(9-16-3)14(2)7-8-15-6-5-11(12)13-15/h5-6,10H,4,7-9H2,1-3H3,(H2,12,13). The number of likely N-dealkylation sites (N-methyl/N-ethyl adjacent to an activating group) is 1. The molecule has 0 aromatic carbocycles. The predicted molar refractivity (Wildman–Crippen MR) is 71.7 cm³/mol. The summed E-state index contributed by atoms with van der Waals surface area (Å²) in [5.74, 6) is 1.78. The summed E-state index contributed by atoms with van der Waals surface area (Å²) < 4.78 is 1.90. The number of hydrogen-bond acceptors (Lipinski definition) is 4. The normalized spacial score (nSPS) is 13.2. The van der Waals surface area contributed by atoms with Gasteiger partial charge in [0.2, 0.25) is 0 Å². The number of anilines is 1. The molecule has 0 radical (unpaired) electrons. The molecule has 5 heteroatoms. The van der Waals surface area contributed by atoms with E-state index < -0.39 is 0 Å². The van der Waals surface area contributed by atoms with Crippen LogP contribution in [0.1, 0.15) is 13.3 Å². The average Bonchev–Trinajstić information content (AvgIpc) is 2.68. The molecule has 92 valence electrons. The van der Waals surface area contributed by atoms with E-state index in [0.717, 1.165) is 13.1 Å². The smallest absolute Gasteiger partial charge is 0.145 e. The van der Waals surface area contributed by atoms with Gasteiger partial charge in [0.25, 0.3) is 0 Å². The first-order chi connectivity index (χ1) is 7.67. The topological polar surface area (TPSA) is 47.1 Å². The van der Waals surface area contributed by atoms with E-state index in [1.807, 2.05) is 28.7 Å². The van der Waals surface area contributed by atoms with E-state index >= 15 is 0 Å². The summed E-state index contributed by atoms with van der Waals surface area (Å²) in [5, 5.41) is 4.18. The van der Waals surface area contributed by atoms with Crippen LogP contribution in [0.4, 0.5) is 5.82 Å². The molecule has 0 aliphatic heterocycles. The van der Waals surface area contributed by atoms with Crippen LogP contribution in [0.2, 0.25) is 0 Å². The molecule has 0 amide bonds. The van der Waals surface area contributed by atoms with Gasteiger partial charge in [-0.2, -0.15) is 16.9 Å². The maximum atomic E-state index is 5.57. The highest BCUT2D eigenvalue weighted by Gasteiger charge is 2.11. The maximum Gasteiger partial charge on any atom is 0.145 e. The Morgan fingerprint density at radius 3 is 2.88 bits per heavy atom. The molecule has 4 nitrogen and oxygen atoms in total. The summed E-state index contributed by atoms with van der Waals surface area (Å²) >= 11 is 1.90. The van der Waals surface area contributed by atoms with Gasteiger partial charge in [0.15, 0.2) is 0 Å². The van der Waals surface area contributed by atoms with Crippen molar-refractivity contribution in [3.05, 3.63) is 12.3 Å². The Labute approximate surface area is 102 Å². The first kappa shape index (κ1) is 13.4. The Hall–Kier alpha value is -0.680. The highest BCUT2D eigenvalue weighted by Crippen LogP contribution is 2.08. The molecule has 1 aromatic rings. The number of nitrogens with zero attached hydrogens (tertiary/aromatic N) is 3. The molecule has 1 atom stereocenters. The SMILES string of the molecule is CCC(CSC)N(C)CCn1ccc(N)n1. The van der Waals surface area contributed by atoms with Gasteiger partial charge in [-0.15, -0.1) is 0 Å². The van der Waals surface area contributed by atoms with Gasteiger partial charge in [0, 0.05) is 24.5 Å². The van der Waals surface area contributed by atoms with Crippen LogP contribution in [0.5, 0.6) is 0 Å². The zero-order chi connectivity index (χ0) is 12.0. The highest BCUT2D eigenvalue weighted by atomic mass is 32.2. The first-order valence-corrected chi connectivity index (χ1v) is 7.04. The van der Waals surface area contributed by atoms with Crippen molar-refractivity contribution in [1.29, 1.82) is 0 Å². The molecule has 2 N–H and O–H groups in total. The second-order valence-electron chi connectivity index (χ2n) is 4.00. The lowest BCUT2D eigenvalue weighted by Crippen LogP contribution is -2.35. The molecule has 0 bridgehead atoms. The van der Waals surface area contributed by atoms with E-state index in [0.29, 0.717) is 11.9 Å². The van der Waals surface area contributed by atoms with Crippen LogP contribution in [-0.4, -0.2) is 46.3 Å². The summed E-state index contributed by atoms with van der Waals surface area (Å²) in [5.41, 5.74) is 5.57. The maximum absolute atomic E-state index is 5.57. The minimum Gasteiger partial charge on any atom is -0.382 e. The van der Waals surface area contributed by atoms with Crippen molar-refractivity contribution in [3.63, 3.8) is 0 Å². The first-order valence-electron chi connectivity index (χ1n) is 5.65. The third-order valence-corrected chi connectivity index (χ3v) is 3.51. The average molecular weight is 242 g/mol. The third kappa shape index (κ3) is 4.06. The third-order valence-electron chi connectivity index (χ3n) is 2.80. The van der Waals surface area contributed by atoms with Gasteiger partial charge >= 0.3 is 0 Å². The van der Waals surface area contributed by atoms with E-state index in [2.05, 4.69) is 30.2 Å². The lowest BCUT2D eigenvalue weighted by atomic mass is 10.2. The van der Waals surface area contributed by atoms with Gasteiger partial charge in [0.05, 0.1) is 6.54 Å². The Morgan fingerprint density at radius 1 is 1.62 bits per heavy atom. The van der Waals surface area contributed by atoms with E-state index in [4.69, 9.17) is 5.73 Å². The number of nitrogens with two attached hydrogens (primary N) is 1. The molecule has 0 saturated carbocycles. The zero-order valence-electron chi connectivity index (χ0n) is 10.4. The summed E-state index contributed by atoms with van der Waals surface area (Å²) in [6, 6.07) is 2.49. The van der Waals surface area contributed by atoms with Gasteiger partial charge in [0.1, 0.15) is 5.82 Å². The van der Waals surface area contributed by atoms with E-state index in [-0.39, 0.29) is 0 Å². The largest absolute Gasteiger partial charge is 0.382 e. The molecule has 0 aliphatic carbocycles. The van der Waals surface area contributed by atoms with E-state index in [9.17, 15) is 0 Å². The molecule has 16 heavy (non-hydrogen) atoms. The highest BCUT2D eigenvalue weighted by molar-refractivity contribution is 7.98. The Bertz CT molecular complexity index is 300. The number of rotatable bonds is 7. The number of hydrogen-bond donors (Lipinski definition) is 1. The van der Waals surface area contributed by atoms with Crippen molar-refractivity contribution < 1.29 is 0 Å². The van der Waals surface area contributed by atoms with Crippen molar-refractivity contribution in [2.75, 3.05) is 31.3 Å². The fourth-order valence-electron chi connectivity index (χ4n) is 1.69. The van der Waals surface area contributed by atoms with Crippen LogP contribution in [0.15, 0.2) is 12.3 Å². The van der Waals surface area contributed by atoms with Gasteiger partial charge < -0.3 is 10.6 Å². The van der Waals surface area contributed by atoms with E-state index in [1.54, 1.807) is 0 Å². The molecular weight excluding hydrogens is 220 g/mol. The van der Waals surface area contributed by atoms with Crippen molar-refractivity contribution in [2.24, 2.45) is 0 Å². The Balaban J connectivity index is 2.36. The van der Waals surface area contributed by atoms with Crippen LogP contribution in [0, 0.1) is 0 Å². The number of thioether (sulfide) groups is 1. The Morgan fingerprint density at radius 2 is 2.38 bits per heavy atom. The van der Waals surface area contributed by atoms with Gasteiger partial charge in [-0.3, -0.25) is 4.68 Å². The summed E-state index contributed by atoms with van der Waals surface area (Å²) in [7, 11) is 2.18. The molecule has 0 fully saturated rings. The van der Waals surface area contributed by atoms with Crippen molar-refractivity contribution in [2.45, 2.75) is 25.9 Å². The molecule has 1 rings (SSSR count). The minimum absolute atomic E-state index is 0.596. The molecule has 1 heterocycles. The van der Waals surface area contributed by atoms with Gasteiger partial charge in [-0.05, 0) is 25.8 Å². The summed E-state index contributed by atoms with van der Waals surface area (Å²) in [4.78, 5) is 2.40. The van der Waals surface area contributed by atoms with Crippen molar-refractivity contribution in [3.8, 4) is 0 Å². The Kier molecular flexibility index (Phi) is 5.69. The fraction of sp³-hybridized carbons (Fsp3) is 0.727. The van der Waals surface area contributed by atoms with Gasteiger partial charge in [-0.1, -0.05) is 6.92 Å². The minimum atomic E-state index is 0.596. The monoisotopic (exact) mass is 242 g/mol. The molecule has 0 aliphatic rings. The number of aromatic nitrogens is 2. The molecular formula is C11H22N4S. The second-order valence-corrected chi connectivity index (χ2v) is 4.91. The van der Waals surface area contributed by atoms with Crippen molar-refractivity contribution in [1.82, 2.24) is 14.7 Å². The van der Waals surface area contributed by atoms with Crippen LogP contribution in [0.3, 0.4) is 0 Å². The zero-order valence-corrected chi connectivity index (χ0v) is 11.2. The molecule has 0 saturated heterocycles. The second kappa shape index (κ2) is 6.81. The molecule has 1 aromatic heterocycles. The van der Waals surface area contributed by atoms with Crippen LogP contribution < -0.4 is 5.73 Å². The fourth-order valence-corrected chi connectivity index (χ4v) is 2.57.